The van der Waals surface area contributed by atoms with Crippen LogP contribution in [0.25, 0.3) is 0 Å². The molecule has 0 spiro atoms. The van der Waals surface area contributed by atoms with Crippen LogP contribution in [0.2, 0.25) is 0 Å². The quantitative estimate of drug-likeness (QED) is 0.451. The largest absolute Gasteiger partial charge is 0.361 e. The maximum absolute atomic E-state index is 12.3. The number of imide groups is 1. The Morgan fingerprint density at radius 1 is 1.16 bits per heavy atom. The highest BCUT2D eigenvalue weighted by molar-refractivity contribution is 6.02. The van der Waals surface area contributed by atoms with Crippen molar-refractivity contribution >= 4 is 29.6 Å². The normalized spacial score (nSPS) is 20.4. The Hall–Kier alpha value is -2.45. The summed E-state index contributed by atoms with van der Waals surface area (Å²) in [7, 11) is 3.56. The molecule has 2 heterocycles. The van der Waals surface area contributed by atoms with Crippen molar-refractivity contribution in [3.63, 3.8) is 0 Å². The van der Waals surface area contributed by atoms with Gasteiger partial charge in [-0.05, 0) is 68.8 Å². The lowest BCUT2D eigenvalue weighted by atomic mass is 9.90. The van der Waals surface area contributed by atoms with Crippen molar-refractivity contribution in [1.29, 1.82) is 0 Å². The number of likely N-dealkylation sites (tertiary alicyclic amines) is 1. The van der Waals surface area contributed by atoms with Gasteiger partial charge in [-0.25, -0.2) is 0 Å². The van der Waals surface area contributed by atoms with Gasteiger partial charge in [-0.2, -0.15) is 0 Å². The molecule has 2 fully saturated rings. The molecule has 0 radical (unpaired) electrons. The van der Waals surface area contributed by atoms with Crippen LogP contribution in [0, 0.1) is 5.92 Å². The molecule has 3 rings (SSSR count). The Labute approximate surface area is 184 Å². The Morgan fingerprint density at radius 3 is 2.55 bits per heavy atom. The SMILES string of the molecule is CN(C=O)c1cc(CCC2CCN(CCN)CC2)ccc1N(C)C1CCC(=O)NC1=O. The third kappa shape index (κ3) is 5.83. The predicted molar refractivity (Wildman–Crippen MR) is 122 cm³/mol. The zero-order valence-corrected chi connectivity index (χ0v) is 18.7. The highest BCUT2D eigenvalue weighted by atomic mass is 16.2. The minimum atomic E-state index is -0.430. The third-order valence-electron chi connectivity index (χ3n) is 6.63. The molecule has 1 unspecified atom stereocenters. The molecule has 0 bridgehead atoms. The molecule has 0 aliphatic carbocycles. The first-order chi connectivity index (χ1) is 14.9. The first-order valence-corrected chi connectivity index (χ1v) is 11.2. The lowest BCUT2D eigenvalue weighted by Gasteiger charge is -2.34. The standard InChI is InChI=1S/C23H35N5O3/c1-26(16-29)21-15-18(4-3-17-9-12-28(13-10-17)14-11-24)5-6-19(21)27(2)20-7-8-22(30)25-23(20)31/h5-6,15-17,20H,3-4,7-14,24H2,1-2H3,(H,25,30,31). The smallest absolute Gasteiger partial charge is 0.249 e. The Morgan fingerprint density at radius 2 is 1.90 bits per heavy atom. The van der Waals surface area contributed by atoms with Crippen molar-refractivity contribution in [3.05, 3.63) is 23.8 Å². The molecule has 170 valence electrons. The number of rotatable bonds is 9. The van der Waals surface area contributed by atoms with E-state index in [4.69, 9.17) is 5.73 Å². The number of nitrogens with one attached hydrogen (secondary N) is 1. The number of nitrogens with zero attached hydrogens (tertiary/aromatic N) is 3. The van der Waals surface area contributed by atoms with Gasteiger partial charge in [0.25, 0.3) is 0 Å². The average Bonchev–Trinajstić information content (AvgIpc) is 2.77. The number of hydrogen-bond donors (Lipinski definition) is 2. The summed E-state index contributed by atoms with van der Waals surface area (Å²) in [5, 5.41) is 2.41. The fraction of sp³-hybridized carbons (Fsp3) is 0.609. The number of aryl methyl sites for hydroxylation is 1. The molecule has 3 amide bonds. The number of nitrogens with two attached hydrogens (primary N) is 1. The van der Waals surface area contributed by atoms with Crippen molar-refractivity contribution in [3.8, 4) is 0 Å². The molecular formula is C23H35N5O3. The summed E-state index contributed by atoms with van der Waals surface area (Å²) in [6.07, 6.45) is 6.08. The monoisotopic (exact) mass is 429 g/mol. The molecule has 8 nitrogen and oxygen atoms in total. The van der Waals surface area contributed by atoms with Gasteiger partial charge >= 0.3 is 0 Å². The molecule has 3 N–H and O–H groups in total. The number of anilines is 2. The molecule has 0 aromatic heterocycles. The molecule has 1 aromatic carbocycles. The number of carbonyl (C=O) groups excluding carboxylic acids is 3. The predicted octanol–water partition coefficient (Wildman–Crippen LogP) is 1.12. The summed E-state index contributed by atoms with van der Waals surface area (Å²) in [5.41, 5.74) is 8.43. The minimum Gasteiger partial charge on any atom is -0.361 e. The van der Waals surface area contributed by atoms with Crippen molar-refractivity contribution in [2.24, 2.45) is 11.7 Å². The van der Waals surface area contributed by atoms with E-state index in [0.717, 1.165) is 56.8 Å². The maximum atomic E-state index is 12.3. The van der Waals surface area contributed by atoms with Crippen molar-refractivity contribution < 1.29 is 14.4 Å². The maximum Gasteiger partial charge on any atom is 0.249 e. The molecule has 1 aromatic rings. The van der Waals surface area contributed by atoms with Gasteiger partial charge in [0, 0.05) is 33.6 Å². The lowest BCUT2D eigenvalue weighted by molar-refractivity contribution is -0.134. The van der Waals surface area contributed by atoms with Crippen LogP contribution in [0.1, 0.15) is 37.7 Å². The lowest BCUT2D eigenvalue weighted by Crippen LogP contribution is -2.51. The second-order valence-electron chi connectivity index (χ2n) is 8.73. The summed E-state index contributed by atoms with van der Waals surface area (Å²) in [6, 6.07) is 5.69. The van der Waals surface area contributed by atoms with E-state index in [1.165, 1.54) is 18.4 Å². The second-order valence-corrected chi connectivity index (χ2v) is 8.73. The summed E-state index contributed by atoms with van der Waals surface area (Å²) in [4.78, 5) is 41.2. The fourth-order valence-electron chi connectivity index (χ4n) is 4.63. The number of carbonyl (C=O) groups is 3. The van der Waals surface area contributed by atoms with E-state index in [2.05, 4.69) is 22.3 Å². The van der Waals surface area contributed by atoms with Crippen LogP contribution in [0.15, 0.2) is 18.2 Å². The topological polar surface area (TPSA) is 99.0 Å². The van der Waals surface area contributed by atoms with Crippen molar-refractivity contribution in [2.45, 2.75) is 44.6 Å². The van der Waals surface area contributed by atoms with Gasteiger partial charge in [-0.1, -0.05) is 6.07 Å². The van der Waals surface area contributed by atoms with E-state index in [9.17, 15) is 14.4 Å². The number of piperidine rings is 2. The summed E-state index contributed by atoms with van der Waals surface area (Å²) in [5.74, 6) is 0.194. The number of amides is 3. The summed E-state index contributed by atoms with van der Waals surface area (Å²) >= 11 is 0. The van der Waals surface area contributed by atoms with Gasteiger partial charge in [0.2, 0.25) is 18.2 Å². The number of benzene rings is 1. The fourth-order valence-corrected chi connectivity index (χ4v) is 4.63. The molecule has 2 aliphatic heterocycles. The number of likely N-dealkylation sites (N-methyl/N-ethyl adjacent to an activating group) is 1. The summed E-state index contributed by atoms with van der Waals surface area (Å²) in [6.45, 7) is 3.95. The molecule has 0 saturated carbocycles. The average molecular weight is 430 g/mol. The van der Waals surface area contributed by atoms with Crippen LogP contribution in [0.5, 0.6) is 0 Å². The van der Waals surface area contributed by atoms with Gasteiger partial charge in [0.1, 0.15) is 6.04 Å². The molecule has 31 heavy (non-hydrogen) atoms. The zero-order chi connectivity index (χ0) is 22.4. The van der Waals surface area contributed by atoms with Crippen LogP contribution in [0.4, 0.5) is 11.4 Å². The van der Waals surface area contributed by atoms with Crippen LogP contribution < -0.4 is 20.9 Å². The van der Waals surface area contributed by atoms with Gasteiger partial charge in [-0.15, -0.1) is 0 Å². The van der Waals surface area contributed by atoms with E-state index in [-0.39, 0.29) is 11.8 Å². The Kier molecular flexibility index (Phi) is 8.03. The van der Waals surface area contributed by atoms with Crippen LogP contribution in [-0.2, 0) is 20.8 Å². The minimum absolute atomic E-state index is 0.232. The van der Waals surface area contributed by atoms with Crippen LogP contribution >= 0.6 is 0 Å². The van der Waals surface area contributed by atoms with E-state index >= 15 is 0 Å². The molecule has 8 heteroatoms. The van der Waals surface area contributed by atoms with Crippen LogP contribution in [0.3, 0.4) is 0 Å². The van der Waals surface area contributed by atoms with E-state index in [1.807, 2.05) is 18.0 Å². The van der Waals surface area contributed by atoms with E-state index < -0.39 is 6.04 Å². The Balaban J connectivity index is 1.68. The highest BCUT2D eigenvalue weighted by Gasteiger charge is 2.31. The van der Waals surface area contributed by atoms with Gasteiger partial charge in [-0.3, -0.25) is 19.7 Å². The zero-order valence-electron chi connectivity index (χ0n) is 18.7. The van der Waals surface area contributed by atoms with E-state index in [0.29, 0.717) is 18.8 Å². The third-order valence-corrected chi connectivity index (χ3v) is 6.63. The van der Waals surface area contributed by atoms with Crippen molar-refractivity contribution in [2.75, 3.05) is 50.1 Å². The van der Waals surface area contributed by atoms with Crippen LogP contribution in [-0.4, -0.2) is 69.4 Å². The molecular weight excluding hydrogens is 394 g/mol. The van der Waals surface area contributed by atoms with Crippen molar-refractivity contribution in [1.82, 2.24) is 10.2 Å². The summed E-state index contributed by atoms with van der Waals surface area (Å²) < 4.78 is 0. The second kappa shape index (κ2) is 10.7. The highest BCUT2D eigenvalue weighted by Crippen LogP contribution is 2.32. The van der Waals surface area contributed by atoms with Gasteiger partial charge in [0.05, 0.1) is 11.4 Å². The van der Waals surface area contributed by atoms with E-state index in [1.54, 1.807) is 11.9 Å². The number of hydrogen-bond acceptors (Lipinski definition) is 6. The Bertz CT molecular complexity index is 791. The molecule has 2 aliphatic rings. The molecule has 1 atom stereocenters. The van der Waals surface area contributed by atoms with Gasteiger partial charge < -0.3 is 20.4 Å². The van der Waals surface area contributed by atoms with Gasteiger partial charge in [0.15, 0.2) is 0 Å². The molecule has 2 saturated heterocycles. The first kappa shape index (κ1) is 23.2. The first-order valence-electron chi connectivity index (χ1n) is 11.2.